The predicted molar refractivity (Wildman–Crippen MR) is 189 cm³/mol. The molecule has 0 spiro atoms. The van der Waals surface area contributed by atoms with E-state index in [0.717, 1.165) is 13.0 Å². The molecule has 0 unspecified atom stereocenters. The molecule has 1 rings (SSSR count). The molecule has 13 heteroatoms. The van der Waals surface area contributed by atoms with Gasteiger partial charge in [0.2, 0.25) is 0 Å². The summed E-state index contributed by atoms with van der Waals surface area (Å²) in [5.41, 5.74) is 6.44. The molecule has 1 aromatic carbocycles. The highest BCUT2D eigenvalue weighted by molar-refractivity contribution is 5.51. The van der Waals surface area contributed by atoms with Gasteiger partial charge in [-0.3, -0.25) is 0 Å². The molecule has 0 aliphatic heterocycles. The lowest BCUT2D eigenvalue weighted by molar-refractivity contribution is -0.0277. The molecule has 0 atom stereocenters. The summed E-state index contributed by atoms with van der Waals surface area (Å²) in [7, 11) is 0. The highest BCUT2D eigenvalue weighted by atomic mass is 16.6. The van der Waals surface area contributed by atoms with Crippen molar-refractivity contribution >= 4 is 5.69 Å². The van der Waals surface area contributed by atoms with E-state index in [2.05, 4.69) is 6.92 Å². The summed E-state index contributed by atoms with van der Waals surface area (Å²) >= 11 is 0. The van der Waals surface area contributed by atoms with Gasteiger partial charge in [0.25, 0.3) is 0 Å². The third kappa shape index (κ3) is 34.6. The maximum atomic E-state index is 5.82. The number of anilines is 1. The highest BCUT2D eigenvalue weighted by Crippen LogP contribution is 2.19. The zero-order chi connectivity index (χ0) is 35.0. The fourth-order valence-electron chi connectivity index (χ4n) is 4.11. The topological polar surface area (TPSA) is 137 Å². The third-order valence-electron chi connectivity index (χ3n) is 6.77. The second-order valence-corrected chi connectivity index (χ2v) is 10.9. The number of nitrogens with two attached hydrogens (primary N) is 1. The first-order valence-electron chi connectivity index (χ1n) is 18.2. The van der Waals surface area contributed by atoms with E-state index in [9.17, 15) is 0 Å². The first-order valence-corrected chi connectivity index (χ1v) is 18.2. The third-order valence-corrected chi connectivity index (χ3v) is 6.77. The number of rotatable bonds is 41. The van der Waals surface area contributed by atoms with Gasteiger partial charge in [0.15, 0.2) is 0 Å². The van der Waals surface area contributed by atoms with Crippen molar-refractivity contribution in [1.29, 1.82) is 0 Å². The molecule has 0 amide bonds. The number of hydrogen-bond acceptors (Lipinski definition) is 13. The number of ether oxygens (including phenoxy) is 12. The van der Waals surface area contributed by atoms with Crippen LogP contribution in [0.3, 0.4) is 0 Å². The van der Waals surface area contributed by atoms with Crippen molar-refractivity contribution < 1.29 is 56.8 Å². The van der Waals surface area contributed by atoms with Gasteiger partial charge < -0.3 is 62.6 Å². The number of benzene rings is 1. The summed E-state index contributed by atoms with van der Waals surface area (Å²) in [5, 5.41) is 0. The molecule has 0 saturated heterocycles. The Morgan fingerprint density at radius 1 is 0.347 bits per heavy atom. The summed E-state index contributed by atoms with van der Waals surface area (Å²) in [4.78, 5) is 0. The second-order valence-electron chi connectivity index (χ2n) is 10.9. The summed E-state index contributed by atoms with van der Waals surface area (Å²) in [6, 6.07) is 7.39. The van der Waals surface area contributed by atoms with Gasteiger partial charge in [0.05, 0.1) is 144 Å². The van der Waals surface area contributed by atoms with Crippen molar-refractivity contribution in [2.45, 2.75) is 45.4 Å². The normalized spacial score (nSPS) is 11.4. The van der Waals surface area contributed by atoms with Crippen LogP contribution in [0.15, 0.2) is 24.3 Å². The van der Waals surface area contributed by atoms with Crippen LogP contribution < -0.4 is 10.5 Å². The molecule has 13 nitrogen and oxygen atoms in total. The average Bonchev–Trinajstić information content (AvgIpc) is 3.11. The predicted octanol–water partition coefficient (Wildman–Crippen LogP) is 4.19. The Hall–Kier alpha value is -1.62. The Morgan fingerprint density at radius 2 is 0.633 bits per heavy atom. The van der Waals surface area contributed by atoms with E-state index in [4.69, 9.17) is 62.6 Å². The maximum Gasteiger partial charge on any atom is 0.142 e. The van der Waals surface area contributed by atoms with Crippen molar-refractivity contribution in [1.82, 2.24) is 0 Å². The van der Waals surface area contributed by atoms with Crippen LogP contribution in [0.4, 0.5) is 5.69 Å². The summed E-state index contributed by atoms with van der Waals surface area (Å²) in [5.74, 6) is 0.670. The second kappa shape index (κ2) is 39.2. The van der Waals surface area contributed by atoms with Gasteiger partial charge in [-0.15, -0.1) is 0 Å². The van der Waals surface area contributed by atoms with Crippen molar-refractivity contribution in [3.8, 4) is 5.75 Å². The lowest BCUT2D eigenvalue weighted by Gasteiger charge is -2.10. The molecule has 0 fully saturated rings. The lowest BCUT2D eigenvalue weighted by atomic mass is 10.1. The Balaban J connectivity index is 1.62. The van der Waals surface area contributed by atoms with E-state index >= 15 is 0 Å². The van der Waals surface area contributed by atoms with Crippen LogP contribution in [-0.2, 0) is 52.1 Å². The minimum Gasteiger partial charge on any atom is -0.489 e. The molecular weight excluding hydrogens is 638 g/mol. The lowest BCUT2D eigenvalue weighted by Crippen LogP contribution is -2.15. The van der Waals surface area contributed by atoms with Gasteiger partial charge >= 0.3 is 0 Å². The van der Waals surface area contributed by atoms with Crippen LogP contribution in [0.5, 0.6) is 5.75 Å². The molecule has 0 saturated carbocycles. The van der Waals surface area contributed by atoms with Crippen molar-refractivity contribution in [2.75, 3.05) is 158 Å². The molecule has 0 bridgehead atoms. The Bertz CT molecular complexity index is 779. The highest BCUT2D eigenvalue weighted by Gasteiger charge is 1.99. The van der Waals surface area contributed by atoms with Crippen molar-refractivity contribution in [3.63, 3.8) is 0 Å². The van der Waals surface area contributed by atoms with E-state index in [0.29, 0.717) is 157 Å². The van der Waals surface area contributed by atoms with Crippen LogP contribution in [0.2, 0.25) is 0 Å². The van der Waals surface area contributed by atoms with E-state index in [1.165, 1.54) is 32.1 Å². The van der Waals surface area contributed by atoms with Crippen LogP contribution in [0, 0.1) is 0 Å². The fourth-order valence-corrected chi connectivity index (χ4v) is 4.11. The largest absolute Gasteiger partial charge is 0.489 e. The molecule has 2 N–H and O–H groups in total. The molecule has 0 heterocycles. The molecule has 1 aromatic rings. The van der Waals surface area contributed by atoms with Gasteiger partial charge in [-0.2, -0.15) is 0 Å². The average molecular weight is 706 g/mol. The van der Waals surface area contributed by atoms with E-state index in [1.54, 1.807) is 6.07 Å². The monoisotopic (exact) mass is 705 g/mol. The quantitative estimate of drug-likeness (QED) is 0.0771. The zero-order valence-electron chi connectivity index (χ0n) is 30.3. The molecule has 0 aromatic heterocycles. The number of nitrogen functional groups attached to an aromatic ring is 1. The number of hydrogen-bond donors (Lipinski definition) is 1. The van der Waals surface area contributed by atoms with Gasteiger partial charge in [0.1, 0.15) is 12.4 Å². The Labute approximate surface area is 295 Å². The van der Waals surface area contributed by atoms with Crippen molar-refractivity contribution in [2.24, 2.45) is 0 Å². The van der Waals surface area contributed by atoms with E-state index in [1.807, 2.05) is 18.2 Å². The number of para-hydroxylation sites is 2. The van der Waals surface area contributed by atoms with Crippen LogP contribution in [-0.4, -0.2) is 152 Å². The first kappa shape index (κ1) is 45.4. The molecule has 288 valence electrons. The van der Waals surface area contributed by atoms with Gasteiger partial charge in [-0.1, -0.05) is 51.2 Å². The van der Waals surface area contributed by atoms with E-state index in [-0.39, 0.29) is 0 Å². The van der Waals surface area contributed by atoms with Crippen molar-refractivity contribution in [3.05, 3.63) is 24.3 Å². The molecule has 0 aliphatic rings. The summed E-state index contributed by atoms with van der Waals surface area (Å²) < 4.78 is 66.1. The first-order chi connectivity index (χ1) is 24.3. The summed E-state index contributed by atoms with van der Waals surface area (Å²) in [6.07, 6.45) is 7.67. The molecular formula is C36H67NO12. The molecule has 0 radical (unpaired) electrons. The fraction of sp³-hybridized carbons (Fsp3) is 0.833. The van der Waals surface area contributed by atoms with Crippen LogP contribution in [0.1, 0.15) is 45.4 Å². The van der Waals surface area contributed by atoms with Crippen LogP contribution >= 0.6 is 0 Å². The van der Waals surface area contributed by atoms with Gasteiger partial charge in [0, 0.05) is 6.61 Å². The summed E-state index contributed by atoms with van der Waals surface area (Å²) in [6.45, 7) is 14.6. The smallest absolute Gasteiger partial charge is 0.142 e. The SMILES string of the molecule is CCCCCCCCOCCOCCOCCOCCOCCOCCOCCOCCOCCOCCOCCOc1ccccc1N. The Kier molecular flexibility index (Phi) is 36.3. The minimum absolute atomic E-state index is 0.439. The minimum atomic E-state index is 0.439. The molecule has 0 aliphatic carbocycles. The zero-order valence-corrected chi connectivity index (χ0v) is 30.3. The van der Waals surface area contributed by atoms with Crippen LogP contribution in [0.25, 0.3) is 0 Å². The van der Waals surface area contributed by atoms with Gasteiger partial charge in [-0.25, -0.2) is 0 Å². The number of unbranched alkanes of at least 4 members (excludes halogenated alkanes) is 5. The molecule has 49 heavy (non-hydrogen) atoms. The van der Waals surface area contributed by atoms with E-state index < -0.39 is 0 Å². The van der Waals surface area contributed by atoms with Gasteiger partial charge in [-0.05, 0) is 18.6 Å². The Morgan fingerprint density at radius 3 is 0.980 bits per heavy atom. The maximum absolute atomic E-state index is 5.82. The standard InChI is InChI=1S/C36H67NO12/c1-2-3-4-5-6-9-12-38-13-14-39-15-16-40-17-18-41-19-20-42-21-22-43-23-24-44-25-26-45-27-28-46-29-30-47-31-32-48-33-34-49-36-11-8-7-10-35(36)37/h7-8,10-11H,2-6,9,12-34,37H2,1H3.